The molecular weight excluding hydrogens is 260 g/mol. The number of fused-ring (bicyclic) bond motifs is 1. The number of nitrogens with one attached hydrogen (secondary N) is 1. The topological polar surface area (TPSA) is 34.2 Å². The molecule has 0 bridgehead atoms. The van der Waals surface area contributed by atoms with Crippen molar-refractivity contribution in [2.75, 3.05) is 19.0 Å². The summed E-state index contributed by atoms with van der Waals surface area (Å²) in [4.78, 5) is 4.63. The van der Waals surface area contributed by atoms with Gasteiger partial charge in [-0.05, 0) is 25.0 Å². The number of halogens is 1. The third kappa shape index (κ3) is 2.92. The number of pyridine rings is 1. The van der Waals surface area contributed by atoms with Crippen LogP contribution in [-0.4, -0.2) is 18.6 Å². The van der Waals surface area contributed by atoms with E-state index in [4.69, 9.17) is 16.3 Å². The number of nitrogens with zero attached hydrogens (tertiary/aromatic N) is 1. The number of hydrogen-bond donors (Lipinski definition) is 1. The van der Waals surface area contributed by atoms with Crippen molar-refractivity contribution in [3.63, 3.8) is 0 Å². The molecule has 0 atom stereocenters. The van der Waals surface area contributed by atoms with Crippen LogP contribution in [0, 0.1) is 0 Å². The van der Waals surface area contributed by atoms with E-state index in [1.807, 2.05) is 12.1 Å². The first-order chi connectivity index (χ1) is 9.19. The van der Waals surface area contributed by atoms with Gasteiger partial charge in [-0.1, -0.05) is 25.4 Å². The number of benzene rings is 1. The van der Waals surface area contributed by atoms with Crippen LogP contribution in [0.2, 0.25) is 5.02 Å². The fourth-order valence-electron chi connectivity index (χ4n) is 2.03. The predicted octanol–water partition coefficient (Wildman–Crippen LogP) is 4.28. The summed E-state index contributed by atoms with van der Waals surface area (Å²) >= 11 is 6.20. The minimum atomic E-state index is 0.612. The second-order valence-corrected chi connectivity index (χ2v) is 4.85. The minimum absolute atomic E-state index is 0.612. The summed E-state index contributed by atoms with van der Waals surface area (Å²) in [7, 11) is 1.62. The van der Waals surface area contributed by atoms with E-state index in [0.29, 0.717) is 10.8 Å². The lowest BCUT2D eigenvalue weighted by Crippen LogP contribution is -2.02. The molecule has 0 aliphatic rings. The molecule has 0 unspecified atom stereocenters. The van der Waals surface area contributed by atoms with Crippen LogP contribution in [0.25, 0.3) is 10.9 Å². The minimum Gasteiger partial charge on any atom is -0.495 e. The van der Waals surface area contributed by atoms with E-state index in [9.17, 15) is 0 Å². The molecule has 0 amide bonds. The SMILES string of the molecule is CCCNc1cc(CC)nc2cc(OC)c(Cl)cc12. The van der Waals surface area contributed by atoms with Gasteiger partial charge in [0, 0.05) is 29.4 Å². The third-order valence-electron chi connectivity index (χ3n) is 3.06. The maximum absolute atomic E-state index is 6.20. The number of hydrogen-bond acceptors (Lipinski definition) is 3. The van der Waals surface area contributed by atoms with Gasteiger partial charge in [-0.2, -0.15) is 0 Å². The molecule has 0 spiro atoms. The molecule has 0 fully saturated rings. The van der Waals surface area contributed by atoms with Crippen LogP contribution < -0.4 is 10.1 Å². The largest absolute Gasteiger partial charge is 0.495 e. The normalized spacial score (nSPS) is 10.7. The molecule has 1 N–H and O–H groups in total. The summed E-state index contributed by atoms with van der Waals surface area (Å²) in [5.74, 6) is 0.663. The van der Waals surface area contributed by atoms with Crippen molar-refractivity contribution in [1.29, 1.82) is 0 Å². The van der Waals surface area contributed by atoms with Crippen molar-refractivity contribution >= 4 is 28.2 Å². The highest BCUT2D eigenvalue weighted by Gasteiger charge is 2.09. The molecule has 0 saturated carbocycles. The van der Waals surface area contributed by atoms with Gasteiger partial charge >= 0.3 is 0 Å². The van der Waals surface area contributed by atoms with Crippen molar-refractivity contribution < 1.29 is 4.74 Å². The van der Waals surface area contributed by atoms with Gasteiger partial charge in [-0.25, -0.2) is 0 Å². The van der Waals surface area contributed by atoms with Crippen LogP contribution in [0.3, 0.4) is 0 Å². The first-order valence-corrected chi connectivity index (χ1v) is 6.98. The monoisotopic (exact) mass is 278 g/mol. The van der Waals surface area contributed by atoms with Crippen LogP contribution in [0.4, 0.5) is 5.69 Å². The molecule has 1 aromatic carbocycles. The smallest absolute Gasteiger partial charge is 0.139 e. The Hall–Kier alpha value is -1.48. The number of methoxy groups -OCH3 is 1. The van der Waals surface area contributed by atoms with Gasteiger partial charge in [0.05, 0.1) is 17.6 Å². The van der Waals surface area contributed by atoms with Crippen LogP contribution >= 0.6 is 11.6 Å². The second-order valence-electron chi connectivity index (χ2n) is 4.45. The fourth-order valence-corrected chi connectivity index (χ4v) is 2.27. The Morgan fingerprint density at radius 3 is 2.68 bits per heavy atom. The fraction of sp³-hybridized carbons (Fsp3) is 0.400. The van der Waals surface area contributed by atoms with Crippen molar-refractivity contribution in [3.05, 3.63) is 28.9 Å². The van der Waals surface area contributed by atoms with Crippen LogP contribution in [-0.2, 0) is 6.42 Å². The van der Waals surface area contributed by atoms with Crippen molar-refractivity contribution in [3.8, 4) is 5.75 Å². The Labute approximate surface area is 118 Å². The van der Waals surface area contributed by atoms with E-state index in [0.717, 1.165) is 41.7 Å². The van der Waals surface area contributed by atoms with Gasteiger partial charge in [0.1, 0.15) is 5.75 Å². The molecule has 0 aliphatic carbocycles. The summed E-state index contributed by atoms with van der Waals surface area (Å²) in [5.41, 5.74) is 3.07. The summed E-state index contributed by atoms with van der Waals surface area (Å²) in [5, 5.41) is 5.09. The molecule has 1 heterocycles. The first kappa shape index (κ1) is 13.9. The Kier molecular flexibility index (Phi) is 4.48. The van der Waals surface area contributed by atoms with Crippen molar-refractivity contribution in [2.45, 2.75) is 26.7 Å². The van der Waals surface area contributed by atoms with E-state index >= 15 is 0 Å². The summed E-state index contributed by atoms with van der Waals surface area (Å²) < 4.78 is 5.26. The maximum atomic E-state index is 6.20. The third-order valence-corrected chi connectivity index (χ3v) is 3.36. The molecule has 0 aliphatic heterocycles. The zero-order valence-corrected chi connectivity index (χ0v) is 12.3. The first-order valence-electron chi connectivity index (χ1n) is 6.60. The standard InChI is InChI=1S/C15H19ClN2O/c1-4-6-17-13-7-10(5-2)18-14-9-15(19-3)12(16)8-11(13)14/h7-9H,4-6H2,1-3H3,(H,17,18). The highest BCUT2D eigenvalue weighted by molar-refractivity contribution is 6.33. The zero-order valence-electron chi connectivity index (χ0n) is 11.6. The van der Waals surface area contributed by atoms with Crippen molar-refractivity contribution in [1.82, 2.24) is 4.98 Å². The summed E-state index contributed by atoms with van der Waals surface area (Å²) in [6.07, 6.45) is 1.98. The second kappa shape index (κ2) is 6.11. The van der Waals surface area contributed by atoms with Gasteiger partial charge in [0.15, 0.2) is 0 Å². The van der Waals surface area contributed by atoms with Gasteiger partial charge in [0.25, 0.3) is 0 Å². The van der Waals surface area contributed by atoms with Crippen molar-refractivity contribution in [2.24, 2.45) is 0 Å². The number of anilines is 1. The molecule has 3 nitrogen and oxygen atoms in total. The van der Waals surface area contributed by atoms with E-state index in [1.54, 1.807) is 7.11 Å². The highest BCUT2D eigenvalue weighted by atomic mass is 35.5. The number of aromatic nitrogens is 1. The summed E-state index contributed by atoms with van der Waals surface area (Å²) in [6, 6.07) is 5.91. The van der Waals surface area contributed by atoms with Gasteiger partial charge in [-0.15, -0.1) is 0 Å². The Morgan fingerprint density at radius 1 is 1.26 bits per heavy atom. The average molecular weight is 279 g/mol. The van der Waals surface area contributed by atoms with Gasteiger partial charge < -0.3 is 10.1 Å². The molecular formula is C15H19ClN2O. The van der Waals surface area contributed by atoms with Gasteiger partial charge in [0.2, 0.25) is 0 Å². The number of rotatable bonds is 5. The molecule has 2 rings (SSSR count). The average Bonchev–Trinajstić information content (AvgIpc) is 2.44. The molecule has 1 aromatic heterocycles. The molecule has 0 saturated heterocycles. The molecule has 2 aromatic rings. The number of ether oxygens (including phenoxy) is 1. The molecule has 4 heteroatoms. The Morgan fingerprint density at radius 2 is 2.05 bits per heavy atom. The molecule has 0 radical (unpaired) electrons. The van der Waals surface area contributed by atoms with E-state index < -0.39 is 0 Å². The lowest BCUT2D eigenvalue weighted by molar-refractivity contribution is 0.415. The van der Waals surface area contributed by atoms with Crippen LogP contribution in [0.15, 0.2) is 18.2 Å². The van der Waals surface area contributed by atoms with Crippen LogP contribution in [0.5, 0.6) is 5.75 Å². The van der Waals surface area contributed by atoms with E-state index in [1.165, 1.54) is 0 Å². The lowest BCUT2D eigenvalue weighted by Gasteiger charge is -2.12. The van der Waals surface area contributed by atoms with E-state index in [-0.39, 0.29) is 0 Å². The highest BCUT2D eigenvalue weighted by Crippen LogP contribution is 2.33. The number of aryl methyl sites for hydroxylation is 1. The molecule has 19 heavy (non-hydrogen) atoms. The van der Waals surface area contributed by atoms with Crippen LogP contribution in [0.1, 0.15) is 26.0 Å². The van der Waals surface area contributed by atoms with E-state index in [2.05, 4.69) is 30.2 Å². The van der Waals surface area contributed by atoms with Gasteiger partial charge in [-0.3, -0.25) is 4.98 Å². The zero-order chi connectivity index (χ0) is 13.8. The Bertz CT molecular complexity index is 584. The Balaban J connectivity index is 2.60. The maximum Gasteiger partial charge on any atom is 0.139 e. The predicted molar refractivity (Wildman–Crippen MR) is 81.5 cm³/mol. The quantitative estimate of drug-likeness (QED) is 0.886. The summed E-state index contributed by atoms with van der Waals surface area (Å²) in [6.45, 7) is 5.18. The lowest BCUT2D eigenvalue weighted by atomic mass is 10.1. The molecule has 102 valence electrons.